The van der Waals surface area contributed by atoms with E-state index in [9.17, 15) is 4.79 Å². The van der Waals surface area contributed by atoms with Crippen molar-refractivity contribution in [3.05, 3.63) is 22.4 Å². The number of halogens is 1. The first-order valence-corrected chi connectivity index (χ1v) is 8.81. The molecule has 0 spiro atoms. The van der Waals surface area contributed by atoms with Crippen molar-refractivity contribution >= 4 is 47.2 Å². The second kappa shape index (κ2) is 10.9. The predicted molar refractivity (Wildman–Crippen MR) is 108 cm³/mol. The zero-order valence-corrected chi connectivity index (χ0v) is 16.9. The van der Waals surface area contributed by atoms with Crippen molar-refractivity contribution in [2.24, 2.45) is 16.8 Å². The van der Waals surface area contributed by atoms with Crippen LogP contribution in [0.3, 0.4) is 0 Å². The molecule has 7 heteroatoms. The van der Waals surface area contributed by atoms with Crippen molar-refractivity contribution in [1.82, 2.24) is 16.0 Å². The number of carbonyl (C=O) groups excluding carboxylic acids is 1. The van der Waals surface area contributed by atoms with Crippen LogP contribution in [0.25, 0.3) is 0 Å². The van der Waals surface area contributed by atoms with E-state index in [-0.39, 0.29) is 35.8 Å². The summed E-state index contributed by atoms with van der Waals surface area (Å²) in [7, 11) is 1.77. The van der Waals surface area contributed by atoms with Gasteiger partial charge in [-0.25, -0.2) is 0 Å². The molecular formula is C16H27IN4OS. The molecule has 23 heavy (non-hydrogen) atoms. The van der Waals surface area contributed by atoms with Gasteiger partial charge < -0.3 is 16.0 Å². The molecule has 1 saturated carbocycles. The highest BCUT2D eigenvalue weighted by Crippen LogP contribution is 2.28. The highest BCUT2D eigenvalue weighted by Gasteiger charge is 2.28. The van der Waals surface area contributed by atoms with Crippen LogP contribution in [0.15, 0.2) is 22.5 Å². The zero-order valence-electron chi connectivity index (χ0n) is 13.8. The third-order valence-electron chi connectivity index (χ3n) is 3.64. The molecule has 1 heterocycles. The fourth-order valence-corrected chi connectivity index (χ4v) is 3.06. The Hall–Kier alpha value is -0.830. The minimum Gasteiger partial charge on any atom is -0.356 e. The van der Waals surface area contributed by atoms with Gasteiger partial charge in [-0.2, -0.15) is 0 Å². The summed E-state index contributed by atoms with van der Waals surface area (Å²) < 4.78 is 0. The maximum atomic E-state index is 11.5. The molecule has 1 unspecified atom stereocenters. The van der Waals surface area contributed by atoms with E-state index in [4.69, 9.17) is 0 Å². The largest absolute Gasteiger partial charge is 0.356 e. The van der Waals surface area contributed by atoms with Crippen molar-refractivity contribution in [3.8, 4) is 0 Å². The fourth-order valence-electron chi connectivity index (χ4n) is 2.19. The van der Waals surface area contributed by atoms with Gasteiger partial charge in [0.25, 0.3) is 0 Å². The number of carbonyl (C=O) groups is 1. The van der Waals surface area contributed by atoms with E-state index < -0.39 is 0 Å². The summed E-state index contributed by atoms with van der Waals surface area (Å²) in [4.78, 5) is 17.1. The number of amides is 1. The van der Waals surface area contributed by atoms with Crippen LogP contribution in [0.2, 0.25) is 0 Å². The first-order chi connectivity index (χ1) is 10.7. The Kier molecular flexibility index (Phi) is 9.54. The van der Waals surface area contributed by atoms with Crippen LogP contribution in [0.1, 0.15) is 24.6 Å². The summed E-state index contributed by atoms with van der Waals surface area (Å²) in [5, 5.41) is 11.6. The van der Waals surface area contributed by atoms with Gasteiger partial charge in [0.15, 0.2) is 5.96 Å². The highest BCUT2D eigenvalue weighted by molar-refractivity contribution is 14.0. The zero-order chi connectivity index (χ0) is 15.8. The van der Waals surface area contributed by atoms with Crippen LogP contribution < -0.4 is 16.0 Å². The van der Waals surface area contributed by atoms with Crippen molar-refractivity contribution in [3.63, 3.8) is 0 Å². The van der Waals surface area contributed by atoms with Crippen molar-refractivity contribution in [2.75, 3.05) is 26.7 Å². The summed E-state index contributed by atoms with van der Waals surface area (Å²) >= 11 is 1.80. The van der Waals surface area contributed by atoms with E-state index in [2.05, 4.69) is 45.4 Å². The summed E-state index contributed by atoms with van der Waals surface area (Å²) in [5.41, 5.74) is 0. The van der Waals surface area contributed by atoms with Gasteiger partial charge in [-0.15, -0.1) is 35.3 Å². The summed E-state index contributed by atoms with van der Waals surface area (Å²) in [6, 6.07) is 4.27. The minimum absolute atomic E-state index is 0. The standard InChI is InChI=1S/C16H26N4OS.HI/c1-12(10-14-4-3-9-22-14)11-20-16(17-2)19-8-7-18-15(21)13-5-6-13;/h3-4,9,12-13H,5-8,10-11H2,1-2H3,(H,18,21)(H2,17,19,20);1H. The third kappa shape index (κ3) is 8.01. The Morgan fingerprint density at radius 2 is 2.09 bits per heavy atom. The Morgan fingerprint density at radius 3 is 2.70 bits per heavy atom. The van der Waals surface area contributed by atoms with E-state index in [0.717, 1.165) is 31.8 Å². The maximum absolute atomic E-state index is 11.5. The molecule has 5 nitrogen and oxygen atoms in total. The molecule has 1 amide bonds. The van der Waals surface area contributed by atoms with Crippen LogP contribution in [0, 0.1) is 11.8 Å². The smallest absolute Gasteiger partial charge is 0.223 e. The molecule has 1 aliphatic rings. The molecular weight excluding hydrogens is 423 g/mol. The molecule has 2 rings (SSSR count). The van der Waals surface area contributed by atoms with Gasteiger partial charge in [-0.3, -0.25) is 9.79 Å². The van der Waals surface area contributed by atoms with E-state index >= 15 is 0 Å². The second-order valence-electron chi connectivity index (χ2n) is 5.83. The topological polar surface area (TPSA) is 65.5 Å². The molecule has 1 aliphatic carbocycles. The number of hydrogen-bond acceptors (Lipinski definition) is 3. The van der Waals surface area contributed by atoms with Gasteiger partial charge in [0.1, 0.15) is 0 Å². The number of nitrogens with one attached hydrogen (secondary N) is 3. The van der Waals surface area contributed by atoms with Crippen molar-refractivity contribution < 1.29 is 4.79 Å². The van der Waals surface area contributed by atoms with E-state index in [1.807, 2.05) is 0 Å². The van der Waals surface area contributed by atoms with Crippen LogP contribution in [0.5, 0.6) is 0 Å². The van der Waals surface area contributed by atoms with Gasteiger partial charge in [0, 0.05) is 37.5 Å². The molecule has 1 aromatic heterocycles. The quantitative estimate of drug-likeness (QED) is 0.246. The van der Waals surface area contributed by atoms with Crippen LogP contribution in [-0.4, -0.2) is 38.5 Å². The molecule has 3 N–H and O–H groups in total. The molecule has 1 fully saturated rings. The van der Waals surface area contributed by atoms with Gasteiger partial charge in [-0.1, -0.05) is 13.0 Å². The molecule has 0 saturated heterocycles. The minimum atomic E-state index is 0. The van der Waals surface area contributed by atoms with Crippen molar-refractivity contribution in [2.45, 2.75) is 26.2 Å². The lowest BCUT2D eigenvalue weighted by molar-refractivity contribution is -0.122. The number of rotatable bonds is 8. The lowest BCUT2D eigenvalue weighted by Gasteiger charge is -2.15. The number of thiophene rings is 1. The first-order valence-electron chi connectivity index (χ1n) is 7.93. The molecule has 130 valence electrons. The van der Waals surface area contributed by atoms with Gasteiger partial charge >= 0.3 is 0 Å². The Bertz CT molecular complexity index is 488. The second-order valence-corrected chi connectivity index (χ2v) is 6.87. The SMILES string of the molecule is CN=C(NCCNC(=O)C1CC1)NCC(C)Cc1cccs1.I. The van der Waals surface area contributed by atoms with Crippen LogP contribution >= 0.6 is 35.3 Å². The van der Waals surface area contributed by atoms with Gasteiger partial charge in [0.05, 0.1) is 0 Å². The average Bonchev–Trinajstić information content (AvgIpc) is 3.25. The predicted octanol–water partition coefficient (Wildman–Crippen LogP) is 2.24. The van der Waals surface area contributed by atoms with Crippen LogP contribution in [-0.2, 0) is 11.2 Å². The number of aliphatic imine (C=N–C) groups is 1. The Balaban J connectivity index is 0.00000264. The summed E-state index contributed by atoms with van der Waals surface area (Å²) in [6.07, 6.45) is 3.17. The lowest BCUT2D eigenvalue weighted by atomic mass is 10.1. The van der Waals surface area contributed by atoms with E-state index in [1.54, 1.807) is 18.4 Å². The van der Waals surface area contributed by atoms with E-state index in [0.29, 0.717) is 19.0 Å². The Morgan fingerprint density at radius 1 is 1.35 bits per heavy atom. The number of guanidine groups is 1. The van der Waals surface area contributed by atoms with Crippen LogP contribution in [0.4, 0.5) is 0 Å². The fraction of sp³-hybridized carbons (Fsp3) is 0.625. The normalized spacial score (nSPS) is 15.5. The van der Waals surface area contributed by atoms with E-state index in [1.165, 1.54) is 4.88 Å². The lowest BCUT2D eigenvalue weighted by Crippen LogP contribution is -2.43. The van der Waals surface area contributed by atoms with Gasteiger partial charge in [0.2, 0.25) is 5.91 Å². The molecule has 1 atom stereocenters. The Labute approximate surface area is 159 Å². The molecule has 0 radical (unpaired) electrons. The first kappa shape index (κ1) is 20.2. The monoisotopic (exact) mass is 450 g/mol. The maximum Gasteiger partial charge on any atom is 0.223 e. The summed E-state index contributed by atoms with van der Waals surface area (Å²) in [5.74, 6) is 1.80. The molecule has 0 aliphatic heterocycles. The number of nitrogens with zero attached hydrogens (tertiary/aromatic N) is 1. The number of hydrogen-bond donors (Lipinski definition) is 3. The third-order valence-corrected chi connectivity index (χ3v) is 4.53. The van der Waals surface area contributed by atoms with Crippen molar-refractivity contribution in [1.29, 1.82) is 0 Å². The molecule has 0 aromatic carbocycles. The summed E-state index contributed by atoms with van der Waals surface area (Å²) in [6.45, 7) is 4.44. The molecule has 0 bridgehead atoms. The average molecular weight is 450 g/mol. The molecule has 1 aromatic rings. The van der Waals surface area contributed by atoms with Gasteiger partial charge in [-0.05, 0) is 36.6 Å². The highest BCUT2D eigenvalue weighted by atomic mass is 127.